The molecule has 0 unspecified atom stereocenters. The van der Waals surface area contributed by atoms with Gasteiger partial charge in [0.1, 0.15) is 5.76 Å². The lowest BCUT2D eigenvalue weighted by Crippen LogP contribution is -2.55. The van der Waals surface area contributed by atoms with Crippen molar-refractivity contribution in [1.29, 1.82) is 0 Å². The van der Waals surface area contributed by atoms with Crippen molar-refractivity contribution in [3.05, 3.63) is 11.8 Å². The third kappa shape index (κ3) is 2.19. The minimum Gasteiger partial charge on any atom is -0.472 e. The Morgan fingerprint density at radius 2 is 2.28 bits per heavy atom. The number of hydrogen-bond acceptors (Lipinski definition) is 6. The van der Waals surface area contributed by atoms with Gasteiger partial charge < -0.3 is 18.9 Å². The molecule has 0 saturated carbocycles. The summed E-state index contributed by atoms with van der Waals surface area (Å²) >= 11 is 0. The van der Waals surface area contributed by atoms with Crippen molar-refractivity contribution in [2.24, 2.45) is 0 Å². The molecule has 0 spiro atoms. The van der Waals surface area contributed by atoms with Crippen molar-refractivity contribution >= 4 is 11.9 Å². The molecule has 2 heterocycles. The molecule has 2 atom stereocenters. The summed E-state index contributed by atoms with van der Waals surface area (Å²) in [4.78, 5) is 24.7. The van der Waals surface area contributed by atoms with Crippen LogP contribution in [-0.2, 0) is 28.5 Å². The summed E-state index contributed by atoms with van der Waals surface area (Å²) in [6.07, 6.45) is 1.56. The molecule has 7 nitrogen and oxygen atoms in total. The molecule has 0 bridgehead atoms. The van der Waals surface area contributed by atoms with E-state index in [1.807, 2.05) is 0 Å². The number of methoxy groups -OCH3 is 2. The molecule has 0 radical (unpaired) electrons. The number of carbonyl (C=O) groups excluding carboxylic acids is 2. The molecular formula is C11H15NO6. The molecule has 0 aromatic heterocycles. The third-order valence-electron chi connectivity index (χ3n) is 2.76. The predicted octanol–water partition coefficient (Wildman–Crippen LogP) is -0.379. The maximum atomic E-state index is 11.9. The van der Waals surface area contributed by atoms with Crippen LogP contribution in [0.1, 0.15) is 6.42 Å². The summed E-state index contributed by atoms with van der Waals surface area (Å²) in [6.45, 7) is 0.151. The average Bonchev–Trinajstić information content (AvgIpc) is 2.65. The normalized spacial score (nSPS) is 27.8. The first-order valence-electron chi connectivity index (χ1n) is 5.51. The van der Waals surface area contributed by atoms with Gasteiger partial charge in [-0.2, -0.15) is 0 Å². The number of rotatable bonds is 5. The Hall–Kier alpha value is -1.60. The molecular weight excluding hydrogens is 242 g/mol. The van der Waals surface area contributed by atoms with Gasteiger partial charge in [0.2, 0.25) is 5.91 Å². The van der Waals surface area contributed by atoms with E-state index < -0.39 is 12.0 Å². The van der Waals surface area contributed by atoms with Crippen molar-refractivity contribution in [3.8, 4) is 0 Å². The van der Waals surface area contributed by atoms with E-state index in [1.165, 1.54) is 19.1 Å². The van der Waals surface area contributed by atoms with E-state index in [-0.39, 0.29) is 18.9 Å². The fourth-order valence-corrected chi connectivity index (χ4v) is 1.92. The van der Waals surface area contributed by atoms with Crippen LogP contribution in [-0.4, -0.2) is 56.7 Å². The Morgan fingerprint density at radius 3 is 2.89 bits per heavy atom. The number of ether oxygens (including phenoxy) is 4. The lowest BCUT2D eigenvalue weighted by atomic mass is 10.1. The van der Waals surface area contributed by atoms with E-state index >= 15 is 0 Å². The van der Waals surface area contributed by atoms with E-state index in [9.17, 15) is 9.59 Å². The van der Waals surface area contributed by atoms with Crippen molar-refractivity contribution in [2.75, 3.05) is 27.6 Å². The number of carbonyl (C=O) groups is 2. The minimum absolute atomic E-state index is 0.125. The number of hydrogen-bond donors (Lipinski definition) is 0. The number of esters is 1. The van der Waals surface area contributed by atoms with Crippen molar-refractivity contribution < 1.29 is 28.5 Å². The van der Waals surface area contributed by atoms with Crippen molar-refractivity contribution in [3.63, 3.8) is 0 Å². The van der Waals surface area contributed by atoms with E-state index in [4.69, 9.17) is 14.2 Å². The summed E-state index contributed by atoms with van der Waals surface area (Å²) in [6, 6.07) is -0.818. The zero-order chi connectivity index (χ0) is 13.1. The van der Waals surface area contributed by atoms with Gasteiger partial charge in [-0.25, -0.2) is 4.79 Å². The van der Waals surface area contributed by atoms with E-state index in [2.05, 4.69) is 4.74 Å². The smallest absolute Gasteiger partial charge is 0.339 e. The van der Waals surface area contributed by atoms with Crippen LogP contribution in [0.3, 0.4) is 0 Å². The second-order valence-corrected chi connectivity index (χ2v) is 3.91. The van der Waals surface area contributed by atoms with E-state index in [0.717, 1.165) is 0 Å². The SMILES string of the molecule is COC/C=C1\O[C@@H]2CC(=O)N2[C@H]1C(=O)OCOC. The minimum atomic E-state index is -0.818. The molecule has 0 aromatic rings. The Bertz CT molecular complexity index is 380. The first-order valence-corrected chi connectivity index (χ1v) is 5.51. The van der Waals surface area contributed by atoms with Crippen LogP contribution in [0.25, 0.3) is 0 Å². The zero-order valence-corrected chi connectivity index (χ0v) is 10.3. The van der Waals surface area contributed by atoms with Crippen LogP contribution in [0.4, 0.5) is 0 Å². The summed E-state index contributed by atoms with van der Waals surface area (Å²) < 4.78 is 19.9. The zero-order valence-electron chi connectivity index (χ0n) is 10.3. The van der Waals surface area contributed by atoms with Crippen LogP contribution in [0.15, 0.2) is 11.8 Å². The first-order chi connectivity index (χ1) is 8.69. The summed E-state index contributed by atoms with van der Waals surface area (Å²) in [5.74, 6) is -0.288. The molecule has 100 valence electrons. The quantitative estimate of drug-likeness (QED) is 0.380. The number of fused-ring (bicyclic) bond motifs is 1. The number of nitrogens with zero attached hydrogens (tertiary/aromatic N) is 1. The van der Waals surface area contributed by atoms with Gasteiger partial charge in [0, 0.05) is 14.2 Å². The van der Waals surface area contributed by atoms with Gasteiger partial charge in [-0.15, -0.1) is 0 Å². The average molecular weight is 257 g/mol. The fraction of sp³-hybridized carbons (Fsp3) is 0.636. The van der Waals surface area contributed by atoms with Gasteiger partial charge in [-0.05, 0) is 6.08 Å². The van der Waals surface area contributed by atoms with Gasteiger partial charge in [0.25, 0.3) is 0 Å². The largest absolute Gasteiger partial charge is 0.472 e. The van der Waals surface area contributed by atoms with Crippen molar-refractivity contribution in [2.45, 2.75) is 18.7 Å². The van der Waals surface area contributed by atoms with Gasteiger partial charge in [-0.3, -0.25) is 9.69 Å². The highest BCUT2D eigenvalue weighted by Gasteiger charge is 2.54. The summed E-state index contributed by atoms with van der Waals surface area (Å²) in [7, 11) is 2.95. The van der Waals surface area contributed by atoms with Crippen LogP contribution in [0.2, 0.25) is 0 Å². The molecule has 7 heteroatoms. The molecule has 0 N–H and O–H groups in total. The van der Waals surface area contributed by atoms with Crippen LogP contribution < -0.4 is 0 Å². The van der Waals surface area contributed by atoms with Gasteiger partial charge in [0.15, 0.2) is 19.1 Å². The molecule has 1 amide bonds. The maximum Gasteiger partial charge on any atom is 0.339 e. The van der Waals surface area contributed by atoms with Crippen LogP contribution in [0.5, 0.6) is 0 Å². The molecule has 2 aliphatic rings. The van der Waals surface area contributed by atoms with Gasteiger partial charge in [-0.1, -0.05) is 0 Å². The predicted molar refractivity (Wildman–Crippen MR) is 58.1 cm³/mol. The molecule has 0 aliphatic carbocycles. The van der Waals surface area contributed by atoms with Crippen LogP contribution >= 0.6 is 0 Å². The highest BCUT2D eigenvalue weighted by molar-refractivity contribution is 5.91. The Kier molecular flexibility index (Phi) is 3.83. The topological polar surface area (TPSA) is 74.3 Å². The Balaban J connectivity index is 2.10. The van der Waals surface area contributed by atoms with E-state index in [1.54, 1.807) is 6.08 Å². The lowest BCUT2D eigenvalue weighted by molar-refractivity contribution is -0.170. The Morgan fingerprint density at radius 1 is 1.50 bits per heavy atom. The maximum absolute atomic E-state index is 11.9. The van der Waals surface area contributed by atoms with Crippen molar-refractivity contribution in [1.82, 2.24) is 4.90 Å². The molecule has 2 rings (SSSR count). The molecule has 0 aromatic carbocycles. The molecule has 2 aliphatic heterocycles. The van der Waals surface area contributed by atoms with Gasteiger partial charge >= 0.3 is 5.97 Å². The molecule has 18 heavy (non-hydrogen) atoms. The lowest BCUT2D eigenvalue weighted by Gasteiger charge is -2.33. The second kappa shape index (κ2) is 5.36. The summed E-state index contributed by atoms with van der Waals surface area (Å²) in [5.41, 5.74) is 0. The summed E-state index contributed by atoms with van der Waals surface area (Å²) in [5, 5.41) is 0. The van der Waals surface area contributed by atoms with E-state index in [0.29, 0.717) is 18.8 Å². The highest BCUT2D eigenvalue weighted by atomic mass is 16.7. The monoisotopic (exact) mass is 257 g/mol. The van der Waals surface area contributed by atoms with Gasteiger partial charge in [0.05, 0.1) is 13.0 Å². The molecule has 2 fully saturated rings. The Labute approximate surface area is 104 Å². The first kappa shape index (κ1) is 12.8. The third-order valence-corrected chi connectivity index (χ3v) is 2.76. The number of β-lactam (4-membered cyclic amide) rings is 1. The molecule has 2 saturated heterocycles. The fourth-order valence-electron chi connectivity index (χ4n) is 1.92. The van der Waals surface area contributed by atoms with Crippen LogP contribution in [0, 0.1) is 0 Å². The highest BCUT2D eigenvalue weighted by Crippen LogP contribution is 2.36. The second-order valence-electron chi connectivity index (χ2n) is 3.91. The number of amides is 1. The standard InChI is InChI=1S/C11H15NO6/c1-15-4-3-7-10(11(14)17-6-16-2)12-8(13)5-9(12)18-7/h3,9-10H,4-6H2,1-2H3/b7-3-/t9-,10-/m1/s1.